The van der Waals surface area contributed by atoms with E-state index in [1.54, 1.807) is 7.11 Å². The van der Waals surface area contributed by atoms with Crippen LogP contribution in [0, 0.1) is 12.3 Å². The van der Waals surface area contributed by atoms with E-state index in [1.807, 2.05) is 56.2 Å². The molecule has 0 amide bonds. The SMILES string of the molecule is C#CCOc1cc(CN=C(N(C)C)N(C)C)ccc1OC.I. The van der Waals surface area contributed by atoms with Gasteiger partial charge in [-0.3, -0.25) is 0 Å². The van der Waals surface area contributed by atoms with Crippen LogP contribution in [0.15, 0.2) is 23.2 Å². The first-order valence-corrected chi connectivity index (χ1v) is 6.61. The van der Waals surface area contributed by atoms with E-state index in [1.165, 1.54) is 0 Å². The third-order valence-corrected chi connectivity index (χ3v) is 2.74. The Kier molecular flexibility index (Phi) is 9.42. The number of nitrogens with zero attached hydrogens (tertiary/aromatic N) is 3. The van der Waals surface area contributed by atoms with Crippen LogP contribution in [0.4, 0.5) is 0 Å². The molecular weight excluding hydrogens is 393 g/mol. The van der Waals surface area contributed by atoms with E-state index in [2.05, 4.69) is 10.9 Å². The predicted octanol–water partition coefficient (Wildman–Crippen LogP) is 2.30. The third kappa shape index (κ3) is 6.02. The highest BCUT2D eigenvalue weighted by atomic mass is 127. The summed E-state index contributed by atoms with van der Waals surface area (Å²) in [4.78, 5) is 8.54. The monoisotopic (exact) mass is 417 g/mol. The molecule has 0 saturated heterocycles. The Balaban J connectivity index is 0.00000441. The fourth-order valence-electron chi connectivity index (χ4n) is 1.90. The number of hydrogen-bond acceptors (Lipinski definition) is 3. The minimum absolute atomic E-state index is 0. The first-order valence-electron chi connectivity index (χ1n) is 6.61. The van der Waals surface area contributed by atoms with Crippen molar-refractivity contribution in [1.82, 2.24) is 9.80 Å². The number of halogens is 1. The van der Waals surface area contributed by atoms with Crippen LogP contribution in [0.1, 0.15) is 5.56 Å². The Hall–Kier alpha value is -1.62. The normalized spacial score (nSPS) is 9.09. The molecule has 1 aromatic carbocycles. The lowest BCUT2D eigenvalue weighted by Crippen LogP contribution is -2.35. The number of ether oxygens (including phenoxy) is 2. The van der Waals surface area contributed by atoms with Gasteiger partial charge in [-0.1, -0.05) is 12.0 Å². The molecule has 0 aliphatic heterocycles. The Morgan fingerprint density at radius 2 is 1.82 bits per heavy atom. The van der Waals surface area contributed by atoms with E-state index >= 15 is 0 Å². The fraction of sp³-hybridized carbons (Fsp3) is 0.438. The van der Waals surface area contributed by atoms with Crippen LogP contribution in [-0.4, -0.2) is 57.7 Å². The fourth-order valence-corrected chi connectivity index (χ4v) is 1.90. The minimum Gasteiger partial charge on any atom is -0.493 e. The predicted molar refractivity (Wildman–Crippen MR) is 101 cm³/mol. The van der Waals surface area contributed by atoms with Gasteiger partial charge in [0, 0.05) is 28.2 Å². The molecule has 0 saturated carbocycles. The van der Waals surface area contributed by atoms with Gasteiger partial charge in [-0.2, -0.15) is 0 Å². The second-order valence-corrected chi connectivity index (χ2v) is 4.88. The number of terminal acetylenes is 1. The summed E-state index contributed by atoms with van der Waals surface area (Å²) < 4.78 is 10.7. The van der Waals surface area contributed by atoms with Gasteiger partial charge < -0.3 is 19.3 Å². The molecule has 0 spiro atoms. The number of rotatable bonds is 5. The highest BCUT2D eigenvalue weighted by Gasteiger charge is 2.07. The van der Waals surface area contributed by atoms with Crippen LogP contribution in [0.3, 0.4) is 0 Å². The van der Waals surface area contributed by atoms with Crippen LogP contribution in [0.5, 0.6) is 11.5 Å². The second-order valence-electron chi connectivity index (χ2n) is 4.88. The first kappa shape index (κ1) is 20.4. The zero-order valence-corrected chi connectivity index (χ0v) is 16.1. The van der Waals surface area contributed by atoms with Crippen molar-refractivity contribution in [1.29, 1.82) is 0 Å². The molecule has 0 N–H and O–H groups in total. The Bertz CT molecular complexity index is 527. The van der Waals surface area contributed by atoms with Crippen molar-refractivity contribution >= 4 is 29.9 Å². The summed E-state index contributed by atoms with van der Waals surface area (Å²) in [6, 6.07) is 5.73. The molecule has 0 aliphatic carbocycles. The van der Waals surface area contributed by atoms with Crippen LogP contribution in [0.2, 0.25) is 0 Å². The maximum absolute atomic E-state index is 5.49. The lowest BCUT2D eigenvalue weighted by atomic mass is 10.2. The molecule has 0 fully saturated rings. The molecule has 22 heavy (non-hydrogen) atoms. The molecule has 0 atom stereocenters. The van der Waals surface area contributed by atoms with Gasteiger partial charge in [0.2, 0.25) is 0 Å². The van der Waals surface area contributed by atoms with Gasteiger partial charge in [0.1, 0.15) is 6.61 Å². The van der Waals surface area contributed by atoms with Gasteiger partial charge in [0.15, 0.2) is 17.5 Å². The molecule has 1 rings (SSSR count). The summed E-state index contributed by atoms with van der Waals surface area (Å²) in [6.45, 7) is 0.770. The third-order valence-electron chi connectivity index (χ3n) is 2.74. The van der Waals surface area contributed by atoms with E-state index in [0.29, 0.717) is 18.0 Å². The van der Waals surface area contributed by atoms with E-state index in [9.17, 15) is 0 Å². The highest BCUT2D eigenvalue weighted by Crippen LogP contribution is 2.28. The second kappa shape index (κ2) is 10.2. The summed E-state index contributed by atoms with van der Waals surface area (Å²) >= 11 is 0. The van der Waals surface area contributed by atoms with Gasteiger partial charge in [-0.15, -0.1) is 30.4 Å². The molecule has 5 nitrogen and oxygen atoms in total. The summed E-state index contributed by atoms with van der Waals surface area (Å²) in [7, 11) is 9.47. The number of benzene rings is 1. The summed E-state index contributed by atoms with van der Waals surface area (Å²) in [6.07, 6.45) is 5.22. The van der Waals surface area contributed by atoms with E-state index < -0.39 is 0 Å². The van der Waals surface area contributed by atoms with Gasteiger partial charge >= 0.3 is 0 Å². The van der Waals surface area contributed by atoms with Crippen molar-refractivity contribution in [2.75, 3.05) is 41.9 Å². The molecule has 1 aromatic rings. The molecule has 0 unspecified atom stereocenters. The maximum Gasteiger partial charge on any atom is 0.195 e. The summed E-state index contributed by atoms with van der Waals surface area (Å²) in [5.41, 5.74) is 1.03. The topological polar surface area (TPSA) is 37.3 Å². The minimum atomic E-state index is 0. The van der Waals surface area contributed by atoms with Crippen molar-refractivity contribution in [3.05, 3.63) is 23.8 Å². The quantitative estimate of drug-likeness (QED) is 0.319. The van der Waals surface area contributed by atoms with Gasteiger partial charge in [-0.25, -0.2) is 4.99 Å². The lowest BCUT2D eigenvalue weighted by molar-refractivity contribution is 0.330. The highest BCUT2D eigenvalue weighted by molar-refractivity contribution is 14.0. The molecule has 6 heteroatoms. The van der Waals surface area contributed by atoms with Crippen LogP contribution >= 0.6 is 24.0 Å². The van der Waals surface area contributed by atoms with Crippen molar-refractivity contribution in [2.45, 2.75) is 6.54 Å². The number of methoxy groups -OCH3 is 1. The van der Waals surface area contributed by atoms with Crippen molar-refractivity contribution in [3.8, 4) is 23.8 Å². The van der Waals surface area contributed by atoms with Gasteiger partial charge in [-0.05, 0) is 17.7 Å². The summed E-state index contributed by atoms with van der Waals surface area (Å²) in [5, 5.41) is 0. The molecule has 122 valence electrons. The number of aliphatic imine (C=N–C) groups is 1. The Morgan fingerprint density at radius 3 is 2.32 bits per heavy atom. The number of hydrogen-bond donors (Lipinski definition) is 0. The molecular formula is C16H24IN3O2. The van der Waals surface area contributed by atoms with Gasteiger partial charge in [0.05, 0.1) is 13.7 Å². The largest absolute Gasteiger partial charge is 0.493 e. The van der Waals surface area contributed by atoms with E-state index in [0.717, 1.165) is 11.5 Å². The number of guanidine groups is 1. The van der Waals surface area contributed by atoms with Crippen LogP contribution < -0.4 is 9.47 Å². The van der Waals surface area contributed by atoms with Crippen molar-refractivity contribution in [3.63, 3.8) is 0 Å². The van der Waals surface area contributed by atoms with Crippen molar-refractivity contribution in [2.24, 2.45) is 4.99 Å². The zero-order chi connectivity index (χ0) is 15.8. The average molecular weight is 417 g/mol. The van der Waals surface area contributed by atoms with Crippen molar-refractivity contribution < 1.29 is 9.47 Å². The molecule has 0 aromatic heterocycles. The average Bonchev–Trinajstić information content (AvgIpc) is 2.44. The molecule has 0 radical (unpaired) electrons. The Morgan fingerprint density at radius 1 is 1.18 bits per heavy atom. The maximum atomic E-state index is 5.49. The molecule has 0 aliphatic rings. The van der Waals surface area contributed by atoms with Crippen LogP contribution in [-0.2, 0) is 6.54 Å². The van der Waals surface area contributed by atoms with E-state index in [-0.39, 0.29) is 30.6 Å². The van der Waals surface area contributed by atoms with E-state index in [4.69, 9.17) is 15.9 Å². The molecule has 0 heterocycles. The molecule has 0 bridgehead atoms. The smallest absolute Gasteiger partial charge is 0.195 e. The van der Waals surface area contributed by atoms with Gasteiger partial charge in [0.25, 0.3) is 0 Å². The summed E-state index contributed by atoms with van der Waals surface area (Å²) in [5.74, 6) is 4.65. The lowest BCUT2D eigenvalue weighted by Gasteiger charge is -2.22. The Labute approximate surface area is 150 Å². The van der Waals surface area contributed by atoms with Crippen LogP contribution in [0.25, 0.3) is 0 Å². The first-order chi connectivity index (χ1) is 9.99. The standard InChI is InChI=1S/C16H23N3O2.HI/c1-7-10-21-15-11-13(8-9-14(15)20-6)12-17-16(18(2)3)19(4)5;/h1,8-9,11H,10,12H2,2-6H3;1H. The zero-order valence-electron chi connectivity index (χ0n) is 13.8.